The SMILES string of the molecule is CC.CC.CC.CC(C)(O)O.CC1C[C@@H](COC(c2ccccc2)(c2ccccc2)c2ccccc2)O[C@H]1c1c[nH]c2c(N)ncnc12. The van der Waals surface area contributed by atoms with Crippen molar-refractivity contribution in [1.82, 2.24) is 15.0 Å². The summed E-state index contributed by atoms with van der Waals surface area (Å²) in [4.78, 5) is 11.8. The number of ether oxygens (including phenoxy) is 2. The summed E-state index contributed by atoms with van der Waals surface area (Å²) in [6.07, 6.45) is 4.16. The van der Waals surface area contributed by atoms with Gasteiger partial charge in [0.25, 0.3) is 0 Å². The van der Waals surface area contributed by atoms with E-state index in [0.29, 0.717) is 18.3 Å². The minimum Gasteiger partial charge on any atom is -0.382 e. The molecule has 1 fully saturated rings. The lowest BCUT2D eigenvalue weighted by Crippen LogP contribution is -2.35. The summed E-state index contributed by atoms with van der Waals surface area (Å²) in [6, 6.07) is 31.3. The smallest absolute Gasteiger partial charge is 0.156 e. The zero-order chi connectivity index (χ0) is 35.7. The van der Waals surface area contributed by atoms with Gasteiger partial charge in [0, 0.05) is 11.8 Å². The molecule has 1 unspecified atom stereocenters. The van der Waals surface area contributed by atoms with E-state index in [1.54, 1.807) is 0 Å². The molecule has 0 radical (unpaired) electrons. The number of aromatic amines is 1. The molecule has 3 atom stereocenters. The van der Waals surface area contributed by atoms with E-state index in [4.69, 9.17) is 25.4 Å². The fraction of sp³-hybridized carbons (Fsp3) is 0.400. The molecule has 0 amide bonds. The second-order valence-corrected chi connectivity index (χ2v) is 11.2. The van der Waals surface area contributed by atoms with Crippen molar-refractivity contribution in [1.29, 1.82) is 0 Å². The first kappa shape index (κ1) is 40.1. The molecule has 5 aromatic rings. The molecule has 0 saturated carbocycles. The Labute approximate surface area is 287 Å². The van der Waals surface area contributed by atoms with Gasteiger partial charge in [-0.05, 0) is 42.9 Å². The van der Waals surface area contributed by atoms with Crippen molar-refractivity contribution in [2.24, 2.45) is 5.92 Å². The number of nitrogens with one attached hydrogen (secondary N) is 1. The number of nitrogens with two attached hydrogens (primary N) is 1. The molecule has 6 rings (SSSR count). The fourth-order valence-corrected chi connectivity index (χ4v) is 5.60. The quantitative estimate of drug-likeness (QED) is 0.102. The number of H-pyrrole nitrogens is 1. The van der Waals surface area contributed by atoms with Gasteiger partial charge in [0.05, 0.1) is 24.3 Å². The van der Waals surface area contributed by atoms with Crippen molar-refractivity contribution >= 4 is 16.9 Å². The summed E-state index contributed by atoms with van der Waals surface area (Å²) in [7, 11) is 0. The van der Waals surface area contributed by atoms with Gasteiger partial charge in [-0.25, -0.2) is 9.97 Å². The molecular formula is C40H56N4O4. The fourth-order valence-electron chi connectivity index (χ4n) is 5.60. The Morgan fingerprint density at radius 2 is 1.23 bits per heavy atom. The Kier molecular flexibility index (Phi) is 16.4. The van der Waals surface area contributed by atoms with Crippen molar-refractivity contribution in [3.05, 3.63) is 126 Å². The van der Waals surface area contributed by atoms with E-state index in [1.165, 1.54) is 20.2 Å². The molecule has 48 heavy (non-hydrogen) atoms. The summed E-state index contributed by atoms with van der Waals surface area (Å²) in [5.41, 5.74) is 11.1. The topological polar surface area (TPSA) is 127 Å². The lowest BCUT2D eigenvalue weighted by atomic mass is 9.80. The first-order valence-electron chi connectivity index (χ1n) is 17.1. The maximum Gasteiger partial charge on any atom is 0.156 e. The molecule has 0 aliphatic carbocycles. The number of aliphatic hydroxyl groups is 2. The Morgan fingerprint density at radius 1 is 0.792 bits per heavy atom. The van der Waals surface area contributed by atoms with Crippen LogP contribution in [0.15, 0.2) is 104 Å². The molecule has 0 spiro atoms. The second-order valence-electron chi connectivity index (χ2n) is 11.2. The third-order valence-electron chi connectivity index (χ3n) is 7.35. The second kappa shape index (κ2) is 19.7. The van der Waals surface area contributed by atoms with Crippen molar-refractivity contribution in [3.63, 3.8) is 0 Å². The molecule has 3 aromatic carbocycles. The zero-order valence-corrected chi connectivity index (χ0v) is 30.1. The number of nitrogen functional groups attached to an aromatic ring is 1. The molecule has 1 aliphatic heterocycles. The van der Waals surface area contributed by atoms with Crippen molar-refractivity contribution in [3.8, 4) is 0 Å². The van der Waals surface area contributed by atoms with E-state index >= 15 is 0 Å². The standard InChI is InChI=1S/C31H30N4O2.C3H8O2.3C2H6/c1-21-17-25(37-29(21)26-18-33-28-27(26)34-20-35-30(28)32)19-36-31(22-11-5-2-6-12-22,23-13-7-3-8-14-23)24-15-9-4-10-16-24;1-3(2,4)5;3*1-2/h2-16,18,20-21,25,29,33H,17,19H2,1H3,(H2,32,34,35);4-5H,1-2H3;3*1-2H3/t21?,25-,29+;;;;/m0..../s1. The largest absolute Gasteiger partial charge is 0.382 e. The first-order valence-corrected chi connectivity index (χ1v) is 17.1. The number of fused-ring (bicyclic) bond motifs is 1. The van der Waals surface area contributed by atoms with Crippen molar-refractivity contribution in [2.45, 2.75) is 92.3 Å². The van der Waals surface area contributed by atoms with Gasteiger partial charge in [-0.1, -0.05) is 139 Å². The minimum atomic E-state index is -1.50. The predicted octanol–water partition coefficient (Wildman–Crippen LogP) is 8.80. The molecule has 8 heteroatoms. The summed E-state index contributed by atoms with van der Waals surface area (Å²) in [5.74, 6) is -0.761. The molecular weight excluding hydrogens is 600 g/mol. The van der Waals surface area contributed by atoms with Gasteiger partial charge >= 0.3 is 0 Å². The molecule has 5 N–H and O–H groups in total. The monoisotopic (exact) mass is 656 g/mol. The third kappa shape index (κ3) is 10.2. The number of nitrogens with zero attached hydrogens (tertiary/aromatic N) is 2. The van der Waals surface area contributed by atoms with Gasteiger partial charge in [0.2, 0.25) is 0 Å². The van der Waals surface area contributed by atoms with Crippen LogP contribution in [-0.4, -0.2) is 43.7 Å². The highest BCUT2D eigenvalue weighted by Gasteiger charge is 2.41. The van der Waals surface area contributed by atoms with Crippen LogP contribution in [0.1, 0.15) is 97.1 Å². The minimum absolute atomic E-state index is 0.0698. The summed E-state index contributed by atoms with van der Waals surface area (Å²) < 4.78 is 13.6. The molecule has 8 nitrogen and oxygen atoms in total. The van der Waals surface area contributed by atoms with Crippen LogP contribution in [0, 0.1) is 5.92 Å². The van der Waals surface area contributed by atoms with E-state index in [0.717, 1.165) is 39.7 Å². The first-order chi connectivity index (χ1) is 23.2. The van der Waals surface area contributed by atoms with Gasteiger partial charge in [-0.15, -0.1) is 0 Å². The van der Waals surface area contributed by atoms with E-state index in [-0.39, 0.29) is 12.2 Å². The van der Waals surface area contributed by atoms with Crippen LogP contribution >= 0.6 is 0 Å². The maximum atomic E-state index is 8.08. The Balaban J connectivity index is 0.000000649. The van der Waals surface area contributed by atoms with Gasteiger partial charge in [0.1, 0.15) is 17.4 Å². The van der Waals surface area contributed by atoms with Gasteiger partial charge < -0.3 is 30.4 Å². The molecule has 3 heterocycles. The number of hydrogen-bond acceptors (Lipinski definition) is 7. The molecule has 0 bridgehead atoms. The zero-order valence-electron chi connectivity index (χ0n) is 30.1. The van der Waals surface area contributed by atoms with Crippen LogP contribution in [0.5, 0.6) is 0 Å². The van der Waals surface area contributed by atoms with Gasteiger partial charge in [0.15, 0.2) is 11.6 Å². The van der Waals surface area contributed by atoms with Crippen LogP contribution in [0.25, 0.3) is 11.0 Å². The van der Waals surface area contributed by atoms with Crippen LogP contribution < -0.4 is 5.73 Å². The predicted molar refractivity (Wildman–Crippen MR) is 197 cm³/mol. The highest BCUT2D eigenvalue weighted by atomic mass is 16.6. The van der Waals surface area contributed by atoms with Gasteiger partial charge in [-0.2, -0.15) is 0 Å². The van der Waals surface area contributed by atoms with Crippen LogP contribution in [-0.2, 0) is 15.1 Å². The van der Waals surface area contributed by atoms with Gasteiger partial charge in [-0.3, -0.25) is 0 Å². The van der Waals surface area contributed by atoms with Crippen molar-refractivity contribution in [2.75, 3.05) is 12.3 Å². The Hall–Kier alpha value is -4.08. The average molecular weight is 657 g/mol. The summed E-state index contributed by atoms with van der Waals surface area (Å²) in [6.45, 7) is 17.3. The number of rotatable bonds is 7. The molecule has 260 valence electrons. The number of benzene rings is 3. The van der Waals surface area contributed by atoms with E-state index < -0.39 is 11.4 Å². The number of anilines is 1. The Morgan fingerprint density at radius 3 is 1.67 bits per heavy atom. The third-order valence-corrected chi connectivity index (χ3v) is 7.35. The lowest BCUT2D eigenvalue weighted by molar-refractivity contribution is -0.127. The van der Waals surface area contributed by atoms with E-state index in [1.807, 2.05) is 65.9 Å². The Bertz CT molecular complexity index is 1470. The average Bonchev–Trinajstić information content (AvgIpc) is 3.72. The maximum absolute atomic E-state index is 8.08. The number of hydrogen-bond donors (Lipinski definition) is 4. The lowest BCUT2D eigenvalue weighted by Gasteiger charge is -2.36. The molecule has 2 aromatic heterocycles. The van der Waals surface area contributed by atoms with E-state index in [2.05, 4.69) is 94.7 Å². The number of aromatic nitrogens is 3. The summed E-state index contributed by atoms with van der Waals surface area (Å²) in [5, 5.41) is 16.2. The highest BCUT2D eigenvalue weighted by molar-refractivity contribution is 5.87. The highest BCUT2D eigenvalue weighted by Crippen LogP contribution is 2.44. The van der Waals surface area contributed by atoms with Crippen LogP contribution in [0.2, 0.25) is 0 Å². The molecule has 1 aliphatic rings. The normalized spacial score (nSPS) is 16.9. The van der Waals surface area contributed by atoms with Crippen molar-refractivity contribution < 1.29 is 19.7 Å². The molecule has 1 saturated heterocycles. The van der Waals surface area contributed by atoms with E-state index in [9.17, 15) is 0 Å². The van der Waals surface area contributed by atoms with Crippen LogP contribution in [0.4, 0.5) is 5.82 Å². The summed E-state index contributed by atoms with van der Waals surface area (Å²) >= 11 is 0. The van der Waals surface area contributed by atoms with Crippen LogP contribution in [0.3, 0.4) is 0 Å².